The van der Waals surface area contributed by atoms with Crippen LogP contribution < -0.4 is 11.1 Å². The first-order valence-corrected chi connectivity index (χ1v) is 7.30. The number of ether oxygens (including phenoxy) is 1. The molecule has 1 rings (SSSR count). The second kappa shape index (κ2) is 6.48. The molecule has 5 heteroatoms. The Balaban J connectivity index is 2.74. The summed E-state index contributed by atoms with van der Waals surface area (Å²) >= 11 is 0. The molecule has 1 aromatic rings. The lowest BCUT2D eigenvalue weighted by atomic mass is 9.87. The summed E-state index contributed by atoms with van der Waals surface area (Å²) in [6, 6.07) is 5.94. The largest absolute Gasteiger partial charge is 0.456 e. The van der Waals surface area contributed by atoms with Crippen molar-refractivity contribution in [3.05, 3.63) is 29.8 Å². The molecule has 0 aliphatic heterocycles. The number of esters is 1. The van der Waals surface area contributed by atoms with E-state index in [9.17, 15) is 9.59 Å². The number of anilines is 1. The van der Waals surface area contributed by atoms with Gasteiger partial charge in [0.15, 0.2) is 0 Å². The Morgan fingerprint density at radius 2 is 1.55 bits per heavy atom. The first-order chi connectivity index (χ1) is 9.90. The van der Waals surface area contributed by atoms with Crippen molar-refractivity contribution in [2.45, 2.75) is 53.2 Å². The number of amides is 1. The minimum atomic E-state index is -0.613. The van der Waals surface area contributed by atoms with E-state index in [2.05, 4.69) is 5.32 Å². The van der Waals surface area contributed by atoms with Gasteiger partial charge in [-0.15, -0.1) is 0 Å². The molecule has 22 heavy (non-hydrogen) atoms. The van der Waals surface area contributed by atoms with Crippen LogP contribution in [0.4, 0.5) is 5.69 Å². The number of rotatable bonds is 3. The van der Waals surface area contributed by atoms with E-state index in [1.807, 2.05) is 41.5 Å². The highest BCUT2D eigenvalue weighted by Gasteiger charge is 2.27. The molecule has 0 aliphatic carbocycles. The Bertz CT molecular complexity index is 537. The molecule has 1 amide bonds. The van der Waals surface area contributed by atoms with E-state index >= 15 is 0 Å². The molecule has 0 unspecified atom stereocenters. The van der Waals surface area contributed by atoms with Crippen molar-refractivity contribution in [3.63, 3.8) is 0 Å². The van der Waals surface area contributed by atoms with Gasteiger partial charge in [0, 0.05) is 5.69 Å². The molecule has 1 atom stereocenters. The molecule has 0 spiro atoms. The fourth-order valence-corrected chi connectivity index (χ4v) is 1.64. The maximum absolute atomic E-state index is 12.0. The summed E-state index contributed by atoms with van der Waals surface area (Å²) in [5.74, 6) is -0.644. The van der Waals surface area contributed by atoms with E-state index < -0.39 is 17.6 Å². The van der Waals surface area contributed by atoms with Crippen LogP contribution in [0.1, 0.15) is 51.9 Å². The predicted octanol–water partition coefficient (Wildman–Crippen LogP) is 2.95. The number of carbonyl (C=O) groups excluding carboxylic acids is 2. The summed E-state index contributed by atoms with van der Waals surface area (Å²) in [6.07, 6.45) is 0. The van der Waals surface area contributed by atoms with Crippen LogP contribution in [0, 0.1) is 5.41 Å². The normalized spacial score (nSPS) is 13.4. The van der Waals surface area contributed by atoms with Crippen molar-refractivity contribution in [1.29, 1.82) is 0 Å². The van der Waals surface area contributed by atoms with Gasteiger partial charge in [0.25, 0.3) is 0 Å². The number of carbonyl (C=O) groups is 2. The lowest BCUT2D eigenvalue weighted by Crippen LogP contribution is -2.45. The molecular weight excluding hydrogens is 280 g/mol. The molecule has 0 fully saturated rings. The summed E-state index contributed by atoms with van der Waals surface area (Å²) in [7, 11) is 0. The summed E-state index contributed by atoms with van der Waals surface area (Å²) in [5, 5.41) is 2.75. The van der Waals surface area contributed by atoms with Crippen molar-refractivity contribution in [1.82, 2.24) is 0 Å². The molecule has 0 bridgehead atoms. The van der Waals surface area contributed by atoms with E-state index in [1.165, 1.54) is 0 Å². The van der Waals surface area contributed by atoms with Gasteiger partial charge < -0.3 is 15.8 Å². The zero-order valence-electron chi connectivity index (χ0n) is 14.2. The lowest BCUT2D eigenvalue weighted by molar-refractivity contribution is -0.119. The Hall–Kier alpha value is -1.88. The van der Waals surface area contributed by atoms with Gasteiger partial charge in [0.05, 0.1) is 11.6 Å². The first-order valence-electron chi connectivity index (χ1n) is 7.30. The topological polar surface area (TPSA) is 81.4 Å². The number of hydrogen-bond donors (Lipinski definition) is 2. The van der Waals surface area contributed by atoms with Gasteiger partial charge in [0.1, 0.15) is 5.60 Å². The highest BCUT2D eigenvalue weighted by atomic mass is 16.6. The van der Waals surface area contributed by atoms with E-state index in [1.54, 1.807) is 24.3 Å². The molecule has 1 aromatic carbocycles. The SMILES string of the molecule is CC(C)(C)OC(=O)c1ccc(NC(=O)[C@@H](N)C(C)(C)C)cc1. The van der Waals surface area contributed by atoms with Crippen molar-refractivity contribution in [2.24, 2.45) is 11.1 Å². The molecule has 0 radical (unpaired) electrons. The second-order valence-corrected chi connectivity index (χ2v) is 7.41. The molecule has 5 nitrogen and oxygen atoms in total. The maximum Gasteiger partial charge on any atom is 0.338 e. The highest BCUT2D eigenvalue weighted by molar-refractivity contribution is 5.96. The quantitative estimate of drug-likeness (QED) is 0.841. The zero-order valence-corrected chi connectivity index (χ0v) is 14.2. The van der Waals surface area contributed by atoms with Crippen LogP contribution in [-0.2, 0) is 9.53 Å². The van der Waals surface area contributed by atoms with Crippen molar-refractivity contribution in [2.75, 3.05) is 5.32 Å². The summed E-state index contributed by atoms with van der Waals surface area (Å²) in [4.78, 5) is 23.9. The second-order valence-electron chi connectivity index (χ2n) is 7.41. The fourth-order valence-electron chi connectivity index (χ4n) is 1.64. The van der Waals surface area contributed by atoms with Crippen molar-refractivity contribution in [3.8, 4) is 0 Å². The van der Waals surface area contributed by atoms with E-state index in [0.717, 1.165) is 0 Å². The monoisotopic (exact) mass is 306 g/mol. The van der Waals surface area contributed by atoms with Gasteiger partial charge in [-0.1, -0.05) is 20.8 Å². The summed E-state index contributed by atoms with van der Waals surface area (Å²) in [5.41, 5.74) is 6.08. The summed E-state index contributed by atoms with van der Waals surface area (Å²) < 4.78 is 5.28. The van der Waals surface area contributed by atoms with Crippen LogP contribution in [0.3, 0.4) is 0 Å². The molecule has 3 N–H and O–H groups in total. The smallest absolute Gasteiger partial charge is 0.338 e. The molecule has 0 heterocycles. The molecule has 0 saturated heterocycles. The minimum absolute atomic E-state index is 0.252. The third-order valence-corrected chi connectivity index (χ3v) is 3.00. The Morgan fingerprint density at radius 1 is 1.05 bits per heavy atom. The fraction of sp³-hybridized carbons (Fsp3) is 0.529. The lowest BCUT2D eigenvalue weighted by Gasteiger charge is -2.25. The number of nitrogens with two attached hydrogens (primary N) is 1. The third kappa shape index (κ3) is 5.48. The predicted molar refractivity (Wildman–Crippen MR) is 87.7 cm³/mol. The van der Waals surface area contributed by atoms with Crippen LogP contribution in [0.25, 0.3) is 0 Å². The highest BCUT2D eigenvalue weighted by Crippen LogP contribution is 2.19. The van der Waals surface area contributed by atoms with Gasteiger partial charge in [-0.3, -0.25) is 4.79 Å². The molecule has 0 saturated carbocycles. The summed E-state index contributed by atoms with van der Waals surface area (Å²) in [6.45, 7) is 11.2. The number of benzene rings is 1. The van der Waals surface area contributed by atoms with E-state index in [0.29, 0.717) is 11.3 Å². The Labute approximate surface area is 132 Å². The van der Waals surface area contributed by atoms with Gasteiger partial charge in [-0.2, -0.15) is 0 Å². The molecule has 0 aliphatic rings. The molecule has 122 valence electrons. The van der Waals surface area contributed by atoms with Gasteiger partial charge in [-0.05, 0) is 50.5 Å². The average molecular weight is 306 g/mol. The average Bonchev–Trinajstić information content (AvgIpc) is 2.35. The van der Waals surface area contributed by atoms with Crippen LogP contribution in [0.5, 0.6) is 0 Å². The number of nitrogens with one attached hydrogen (secondary N) is 1. The third-order valence-electron chi connectivity index (χ3n) is 3.00. The number of hydrogen-bond acceptors (Lipinski definition) is 4. The Kier molecular flexibility index (Phi) is 5.35. The van der Waals surface area contributed by atoms with Gasteiger partial charge in [0.2, 0.25) is 5.91 Å². The van der Waals surface area contributed by atoms with Crippen molar-refractivity contribution < 1.29 is 14.3 Å². The Morgan fingerprint density at radius 3 is 1.95 bits per heavy atom. The first kappa shape index (κ1) is 18.2. The zero-order chi connectivity index (χ0) is 17.1. The standard InChI is InChI=1S/C17H26N2O3/c1-16(2,3)13(18)14(20)19-12-9-7-11(8-10-12)15(21)22-17(4,5)6/h7-10,13H,18H2,1-6H3,(H,19,20)/t13-/m1/s1. The van der Waals surface area contributed by atoms with Crippen LogP contribution in [0.15, 0.2) is 24.3 Å². The van der Waals surface area contributed by atoms with Crippen LogP contribution in [-0.4, -0.2) is 23.5 Å². The van der Waals surface area contributed by atoms with Crippen LogP contribution >= 0.6 is 0 Å². The van der Waals surface area contributed by atoms with Crippen molar-refractivity contribution >= 4 is 17.6 Å². The minimum Gasteiger partial charge on any atom is -0.456 e. The van der Waals surface area contributed by atoms with E-state index in [-0.39, 0.29) is 11.3 Å². The van der Waals surface area contributed by atoms with Gasteiger partial charge in [-0.25, -0.2) is 4.79 Å². The van der Waals surface area contributed by atoms with Gasteiger partial charge >= 0.3 is 5.97 Å². The van der Waals surface area contributed by atoms with E-state index in [4.69, 9.17) is 10.5 Å². The van der Waals surface area contributed by atoms with Crippen LogP contribution in [0.2, 0.25) is 0 Å². The maximum atomic E-state index is 12.0. The molecule has 0 aromatic heterocycles. The molecular formula is C17H26N2O3.